The standard InChI is InChI=1S/C18H34O2.C6H13N/c1-2-3-4-5-6-7-8-9-10-11-12-13-14-15-16-17-18(19)20;7-6-4-2-1-3-5-6/h9-10H,2-8,11-17H2,1H3,(H,19,20);6H,1-5,7H2. The van der Waals surface area contributed by atoms with E-state index < -0.39 is 5.97 Å². The molecule has 1 saturated carbocycles. The van der Waals surface area contributed by atoms with Gasteiger partial charge in [0.05, 0.1) is 6.04 Å². The highest BCUT2D eigenvalue weighted by molar-refractivity contribution is 5.63. The molecule has 0 heterocycles. The van der Waals surface area contributed by atoms with Crippen molar-refractivity contribution < 1.29 is 15.6 Å². The van der Waals surface area contributed by atoms with Crippen molar-refractivity contribution in [3.05, 3.63) is 12.2 Å². The molecule has 0 saturated heterocycles. The Morgan fingerprint density at radius 1 is 0.815 bits per heavy atom. The molecule has 3 heteroatoms. The minimum atomic E-state index is -0.914. The number of quaternary nitrogens is 1. The first-order valence-corrected chi connectivity index (χ1v) is 11.8. The molecule has 0 bridgehead atoms. The van der Waals surface area contributed by atoms with Crippen LogP contribution < -0.4 is 10.8 Å². The van der Waals surface area contributed by atoms with Crippen molar-refractivity contribution in [1.82, 2.24) is 0 Å². The van der Waals surface area contributed by atoms with Gasteiger partial charge in [0, 0.05) is 5.97 Å². The van der Waals surface area contributed by atoms with Crippen LogP contribution in [0, 0.1) is 0 Å². The van der Waals surface area contributed by atoms with Crippen molar-refractivity contribution >= 4 is 5.97 Å². The second-order valence-electron chi connectivity index (χ2n) is 8.21. The first kappa shape index (κ1) is 26.2. The molecule has 160 valence electrons. The molecule has 0 aromatic heterocycles. The summed E-state index contributed by atoms with van der Waals surface area (Å²) in [4.78, 5) is 10.2. The summed E-state index contributed by atoms with van der Waals surface area (Å²) in [6.07, 6.45) is 27.9. The summed E-state index contributed by atoms with van der Waals surface area (Å²) in [7, 11) is 0. The van der Waals surface area contributed by atoms with E-state index in [4.69, 9.17) is 0 Å². The monoisotopic (exact) mass is 381 g/mol. The minimum absolute atomic E-state index is 0.220. The molecule has 3 nitrogen and oxygen atoms in total. The van der Waals surface area contributed by atoms with Crippen LogP contribution >= 0.6 is 0 Å². The van der Waals surface area contributed by atoms with Gasteiger partial charge in [-0.2, -0.15) is 0 Å². The summed E-state index contributed by atoms with van der Waals surface area (Å²) >= 11 is 0. The molecule has 0 radical (unpaired) electrons. The van der Waals surface area contributed by atoms with Crippen LogP contribution in [0.15, 0.2) is 12.2 Å². The molecule has 0 atom stereocenters. The van der Waals surface area contributed by atoms with Gasteiger partial charge in [-0.25, -0.2) is 0 Å². The smallest absolute Gasteiger partial charge is 0.0843 e. The van der Waals surface area contributed by atoms with Gasteiger partial charge in [-0.05, 0) is 64.2 Å². The van der Waals surface area contributed by atoms with Gasteiger partial charge in [-0.3, -0.25) is 0 Å². The highest BCUT2D eigenvalue weighted by Gasteiger charge is 2.09. The lowest BCUT2D eigenvalue weighted by Gasteiger charge is -2.12. The zero-order valence-electron chi connectivity index (χ0n) is 18.2. The average Bonchev–Trinajstić information content (AvgIpc) is 2.66. The molecule has 0 amide bonds. The molecule has 3 N–H and O–H groups in total. The van der Waals surface area contributed by atoms with Gasteiger partial charge in [-0.15, -0.1) is 0 Å². The van der Waals surface area contributed by atoms with E-state index in [1.807, 2.05) is 0 Å². The molecule has 1 aliphatic carbocycles. The molecular formula is C24H47NO2. The minimum Gasteiger partial charge on any atom is -0.550 e. The van der Waals surface area contributed by atoms with Crippen LogP contribution in [0.2, 0.25) is 0 Å². The number of carbonyl (C=O) groups is 1. The fraction of sp³-hybridized carbons (Fsp3) is 0.875. The van der Waals surface area contributed by atoms with Gasteiger partial charge in [0.25, 0.3) is 0 Å². The van der Waals surface area contributed by atoms with Crippen molar-refractivity contribution in [3.8, 4) is 0 Å². The first-order chi connectivity index (χ1) is 13.2. The van der Waals surface area contributed by atoms with E-state index in [2.05, 4.69) is 24.8 Å². The third kappa shape index (κ3) is 23.1. The number of carboxylic acid groups (broad SMARTS) is 1. The first-order valence-electron chi connectivity index (χ1n) is 11.8. The van der Waals surface area contributed by atoms with Gasteiger partial charge in [0.2, 0.25) is 0 Å². The average molecular weight is 382 g/mol. The lowest BCUT2D eigenvalue weighted by atomic mass is 9.97. The Labute approximate surface area is 169 Å². The Bertz CT molecular complexity index is 335. The van der Waals surface area contributed by atoms with E-state index in [-0.39, 0.29) is 6.42 Å². The predicted octanol–water partition coefficient (Wildman–Crippen LogP) is 5.33. The maximum atomic E-state index is 10.2. The molecule has 1 aliphatic rings. The Morgan fingerprint density at radius 3 is 1.74 bits per heavy atom. The summed E-state index contributed by atoms with van der Waals surface area (Å²) in [5, 5.41) is 10.2. The SMILES string of the molecule is CCCCCCCCC=CCCCCCCCC(=O)[O-].[NH3+]C1CCCCC1. The zero-order valence-corrected chi connectivity index (χ0v) is 18.2. The van der Waals surface area contributed by atoms with E-state index in [0.717, 1.165) is 25.3 Å². The topological polar surface area (TPSA) is 67.8 Å². The number of allylic oxidation sites excluding steroid dienone is 2. The van der Waals surface area contributed by atoms with Crippen molar-refractivity contribution in [2.45, 2.75) is 135 Å². The van der Waals surface area contributed by atoms with Crippen LogP contribution in [0.4, 0.5) is 0 Å². The number of unbranched alkanes of at least 4 members (excludes halogenated alkanes) is 11. The summed E-state index contributed by atoms with van der Waals surface area (Å²) < 4.78 is 0. The Kier molecular flexibility index (Phi) is 20.8. The quantitative estimate of drug-likeness (QED) is 0.307. The molecule has 27 heavy (non-hydrogen) atoms. The van der Waals surface area contributed by atoms with Crippen LogP contribution in [0.5, 0.6) is 0 Å². The van der Waals surface area contributed by atoms with E-state index >= 15 is 0 Å². The van der Waals surface area contributed by atoms with Gasteiger partial charge in [0.1, 0.15) is 0 Å². The van der Waals surface area contributed by atoms with Crippen molar-refractivity contribution in [2.24, 2.45) is 0 Å². The Balaban J connectivity index is 0.000000797. The molecule has 0 aromatic carbocycles. The van der Waals surface area contributed by atoms with E-state index in [1.165, 1.54) is 96.3 Å². The fourth-order valence-electron chi connectivity index (χ4n) is 3.53. The Hall–Kier alpha value is -0.830. The van der Waals surface area contributed by atoms with E-state index in [9.17, 15) is 9.90 Å². The maximum absolute atomic E-state index is 10.2. The maximum Gasteiger partial charge on any atom is 0.0843 e. The third-order valence-corrected chi connectivity index (χ3v) is 5.37. The molecular weight excluding hydrogens is 334 g/mol. The van der Waals surface area contributed by atoms with Crippen molar-refractivity contribution in [3.63, 3.8) is 0 Å². The number of hydrogen-bond acceptors (Lipinski definition) is 2. The normalized spacial score (nSPS) is 14.9. The third-order valence-electron chi connectivity index (χ3n) is 5.37. The largest absolute Gasteiger partial charge is 0.550 e. The van der Waals surface area contributed by atoms with Gasteiger partial charge in [-0.1, -0.05) is 76.9 Å². The summed E-state index contributed by atoms with van der Waals surface area (Å²) in [5.74, 6) is -0.914. The second kappa shape index (κ2) is 21.5. The van der Waals surface area contributed by atoms with Gasteiger partial charge >= 0.3 is 0 Å². The fourth-order valence-corrected chi connectivity index (χ4v) is 3.53. The van der Waals surface area contributed by atoms with Gasteiger partial charge < -0.3 is 15.6 Å². The molecule has 0 spiro atoms. The number of carbonyl (C=O) groups excluding carboxylic acids is 1. The summed E-state index contributed by atoms with van der Waals surface area (Å²) in [5.41, 5.74) is 4.00. The molecule has 0 aliphatic heterocycles. The van der Waals surface area contributed by atoms with E-state index in [1.54, 1.807) is 0 Å². The number of hydrogen-bond donors (Lipinski definition) is 1. The van der Waals surface area contributed by atoms with Crippen molar-refractivity contribution in [2.75, 3.05) is 0 Å². The van der Waals surface area contributed by atoms with E-state index in [0.29, 0.717) is 0 Å². The lowest BCUT2D eigenvalue weighted by Crippen LogP contribution is -2.61. The molecule has 0 unspecified atom stereocenters. The molecule has 1 fully saturated rings. The number of aliphatic carboxylic acids is 1. The second-order valence-corrected chi connectivity index (χ2v) is 8.21. The highest BCUT2D eigenvalue weighted by atomic mass is 16.4. The number of carboxylic acids is 1. The summed E-state index contributed by atoms with van der Waals surface area (Å²) in [6, 6.07) is 0.786. The summed E-state index contributed by atoms with van der Waals surface area (Å²) in [6.45, 7) is 2.26. The highest BCUT2D eigenvalue weighted by Crippen LogP contribution is 2.13. The van der Waals surface area contributed by atoms with Crippen LogP contribution in [0.25, 0.3) is 0 Å². The zero-order chi connectivity index (χ0) is 20.0. The van der Waals surface area contributed by atoms with Crippen LogP contribution in [-0.4, -0.2) is 12.0 Å². The van der Waals surface area contributed by atoms with Gasteiger partial charge in [0.15, 0.2) is 0 Å². The lowest BCUT2D eigenvalue weighted by molar-refractivity contribution is -0.425. The molecule has 0 aromatic rings. The van der Waals surface area contributed by atoms with Crippen LogP contribution in [-0.2, 0) is 4.79 Å². The Morgan fingerprint density at radius 2 is 1.30 bits per heavy atom. The molecule has 1 rings (SSSR count). The predicted molar refractivity (Wildman–Crippen MR) is 114 cm³/mol. The number of rotatable bonds is 15. The van der Waals surface area contributed by atoms with Crippen molar-refractivity contribution in [1.29, 1.82) is 0 Å². The van der Waals surface area contributed by atoms with Crippen LogP contribution in [0.3, 0.4) is 0 Å². The van der Waals surface area contributed by atoms with Crippen LogP contribution in [0.1, 0.15) is 129 Å².